The summed E-state index contributed by atoms with van der Waals surface area (Å²) in [6, 6.07) is 9.04. The molecular weight excluding hydrogens is 234 g/mol. The third-order valence-electron chi connectivity index (χ3n) is 3.99. The van der Waals surface area contributed by atoms with Gasteiger partial charge in [-0.25, -0.2) is 0 Å². The summed E-state index contributed by atoms with van der Waals surface area (Å²) in [5, 5.41) is 3.68. The largest absolute Gasteiger partial charge is 0.489 e. The molecule has 0 amide bonds. The molecule has 1 fully saturated rings. The number of rotatable bonds is 6. The van der Waals surface area contributed by atoms with Crippen LogP contribution in [-0.2, 0) is 0 Å². The molecular formula is C17H27NO. The molecule has 1 unspecified atom stereocenters. The minimum atomic E-state index is 0.281. The Morgan fingerprint density at radius 3 is 2.74 bits per heavy atom. The monoisotopic (exact) mass is 261 g/mol. The average Bonchev–Trinajstić information content (AvgIpc) is 2.44. The zero-order chi connectivity index (χ0) is 13.5. The van der Waals surface area contributed by atoms with Gasteiger partial charge in [0.1, 0.15) is 11.9 Å². The van der Waals surface area contributed by atoms with Gasteiger partial charge in [-0.1, -0.05) is 38.3 Å². The maximum Gasteiger partial charge on any atom is 0.120 e. The van der Waals surface area contributed by atoms with E-state index in [4.69, 9.17) is 4.74 Å². The van der Waals surface area contributed by atoms with Gasteiger partial charge in [-0.3, -0.25) is 0 Å². The lowest BCUT2D eigenvalue weighted by molar-refractivity contribution is 0.183. The van der Waals surface area contributed by atoms with Crippen molar-refractivity contribution < 1.29 is 4.74 Å². The van der Waals surface area contributed by atoms with Crippen LogP contribution >= 0.6 is 0 Å². The summed E-state index contributed by atoms with van der Waals surface area (Å²) in [6.45, 7) is 5.27. The van der Waals surface area contributed by atoms with Gasteiger partial charge in [0.25, 0.3) is 0 Å². The molecule has 0 bridgehead atoms. The van der Waals surface area contributed by atoms with Crippen LogP contribution < -0.4 is 10.1 Å². The van der Waals surface area contributed by atoms with Gasteiger partial charge < -0.3 is 10.1 Å². The quantitative estimate of drug-likeness (QED) is 0.833. The van der Waals surface area contributed by atoms with Gasteiger partial charge in [-0.05, 0) is 43.9 Å². The molecule has 2 rings (SSSR count). The van der Waals surface area contributed by atoms with E-state index in [0.29, 0.717) is 6.04 Å². The van der Waals surface area contributed by atoms with Crippen molar-refractivity contribution in [2.75, 3.05) is 6.54 Å². The summed E-state index contributed by atoms with van der Waals surface area (Å²) in [5.74, 6) is 0.997. The predicted octanol–water partition coefficient (Wildman–Crippen LogP) is 4.07. The van der Waals surface area contributed by atoms with Gasteiger partial charge in [-0.15, -0.1) is 0 Å². The Morgan fingerprint density at radius 2 is 2.05 bits per heavy atom. The van der Waals surface area contributed by atoms with Crippen LogP contribution in [0.2, 0.25) is 0 Å². The van der Waals surface area contributed by atoms with E-state index >= 15 is 0 Å². The molecule has 19 heavy (non-hydrogen) atoms. The molecule has 1 aliphatic carbocycles. The van der Waals surface area contributed by atoms with Crippen LogP contribution in [0.1, 0.15) is 51.0 Å². The van der Waals surface area contributed by atoms with Crippen LogP contribution in [0, 0.1) is 6.92 Å². The third-order valence-corrected chi connectivity index (χ3v) is 3.99. The zero-order valence-electron chi connectivity index (χ0n) is 12.3. The van der Waals surface area contributed by atoms with Gasteiger partial charge >= 0.3 is 0 Å². The van der Waals surface area contributed by atoms with Crippen LogP contribution in [0.4, 0.5) is 0 Å². The second-order valence-corrected chi connectivity index (χ2v) is 5.71. The van der Waals surface area contributed by atoms with E-state index in [0.717, 1.165) is 18.7 Å². The van der Waals surface area contributed by atoms with Crippen molar-refractivity contribution in [3.63, 3.8) is 0 Å². The Kier molecular flexibility index (Phi) is 5.71. The average molecular weight is 261 g/mol. The fourth-order valence-corrected chi connectivity index (χ4v) is 2.76. The maximum absolute atomic E-state index is 6.07. The summed E-state index contributed by atoms with van der Waals surface area (Å²) in [4.78, 5) is 0. The number of hydrogen-bond donors (Lipinski definition) is 1. The highest BCUT2D eigenvalue weighted by molar-refractivity contribution is 5.27. The number of nitrogens with one attached hydrogen (secondary N) is 1. The van der Waals surface area contributed by atoms with Crippen molar-refractivity contribution in [2.24, 2.45) is 0 Å². The van der Waals surface area contributed by atoms with Crippen molar-refractivity contribution in [3.05, 3.63) is 29.8 Å². The molecule has 0 heterocycles. The van der Waals surface area contributed by atoms with E-state index in [1.807, 2.05) is 0 Å². The summed E-state index contributed by atoms with van der Waals surface area (Å²) in [6.07, 6.45) is 8.18. The van der Waals surface area contributed by atoms with Gasteiger partial charge in [0, 0.05) is 12.6 Å². The Labute approximate surface area is 117 Å². The summed E-state index contributed by atoms with van der Waals surface area (Å²) < 4.78 is 6.07. The van der Waals surface area contributed by atoms with Crippen LogP contribution in [0.5, 0.6) is 5.75 Å². The normalized spacial score (nSPS) is 18.2. The van der Waals surface area contributed by atoms with E-state index in [2.05, 4.69) is 43.4 Å². The Balaban J connectivity index is 1.79. The highest BCUT2D eigenvalue weighted by Gasteiger charge is 2.15. The standard InChI is InChI=1S/C17H27NO/c1-3-16(13-18-15-9-5-4-6-10-15)19-17-11-7-8-14(2)12-17/h7-8,11-12,15-16,18H,3-6,9-10,13H2,1-2H3. The lowest BCUT2D eigenvalue weighted by atomic mass is 9.95. The molecule has 0 radical (unpaired) electrons. The van der Waals surface area contributed by atoms with Gasteiger partial charge in [0.15, 0.2) is 0 Å². The molecule has 106 valence electrons. The topological polar surface area (TPSA) is 21.3 Å². The van der Waals surface area contributed by atoms with Gasteiger partial charge in [-0.2, -0.15) is 0 Å². The molecule has 0 aliphatic heterocycles. The molecule has 2 heteroatoms. The molecule has 0 aromatic heterocycles. The number of hydrogen-bond acceptors (Lipinski definition) is 2. The van der Waals surface area contributed by atoms with Crippen molar-refractivity contribution in [3.8, 4) is 5.75 Å². The number of ether oxygens (including phenoxy) is 1. The van der Waals surface area contributed by atoms with E-state index < -0.39 is 0 Å². The molecule has 1 atom stereocenters. The van der Waals surface area contributed by atoms with E-state index in [9.17, 15) is 0 Å². The molecule has 1 aromatic carbocycles. The number of aryl methyl sites for hydroxylation is 1. The van der Waals surface area contributed by atoms with Crippen LogP contribution in [0.25, 0.3) is 0 Å². The summed E-state index contributed by atoms with van der Waals surface area (Å²) in [7, 11) is 0. The third kappa shape index (κ3) is 4.87. The van der Waals surface area contributed by atoms with Crippen molar-refractivity contribution in [1.82, 2.24) is 5.32 Å². The highest BCUT2D eigenvalue weighted by Crippen LogP contribution is 2.18. The molecule has 1 aromatic rings. The Hall–Kier alpha value is -1.02. The molecule has 1 aliphatic rings. The second-order valence-electron chi connectivity index (χ2n) is 5.71. The maximum atomic E-state index is 6.07. The van der Waals surface area contributed by atoms with Gasteiger partial charge in [0.05, 0.1) is 0 Å². The highest BCUT2D eigenvalue weighted by atomic mass is 16.5. The lowest BCUT2D eigenvalue weighted by Crippen LogP contribution is -2.38. The molecule has 1 N–H and O–H groups in total. The molecule has 0 spiro atoms. The van der Waals surface area contributed by atoms with Crippen LogP contribution in [-0.4, -0.2) is 18.7 Å². The first-order valence-corrected chi connectivity index (χ1v) is 7.74. The minimum absolute atomic E-state index is 0.281. The van der Waals surface area contributed by atoms with E-state index in [1.165, 1.54) is 37.7 Å². The number of benzene rings is 1. The summed E-state index contributed by atoms with van der Waals surface area (Å²) in [5.41, 5.74) is 1.26. The molecule has 1 saturated carbocycles. The Morgan fingerprint density at radius 1 is 1.26 bits per heavy atom. The lowest BCUT2D eigenvalue weighted by Gasteiger charge is -2.26. The van der Waals surface area contributed by atoms with Crippen molar-refractivity contribution in [1.29, 1.82) is 0 Å². The first kappa shape index (κ1) is 14.4. The van der Waals surface area contributed by atoms with Crippen molar-refractivity contribution >= 4 is 0 Å². The second kappa shape index (κ2) is 7.54. The Bertz CT molecular complexity index is 371. The molecule has 0 saturated heterocycles. The fourth-order valence-electron chi connectivity index (χ4n) is 2.76. The van der Waals surface area contributed by atoms with E-state index in [1.54, 1.807) is 0 Å². The van der Waals surface area contributed by atoms with Crippen molar-refractivity contribution in [2.45, 2.75) is 64.5 Å². The minimum Gasteiger partial charge on any atom is -0.489 e. The predicted molar refractivity (Wildman–Crippen MR) is 80.8 cm³/mol. The zero-order valence-corrected chi connectivity index (χ0v) is 12.3. The van der Waals surface area contributed by atoms with Gasteiger partial charge in [0.2, 0.25) is 0 Å². The first-order chi connectivity index (χ1) is 9.28. The fraction of sp³-hybridized carbons (Fsp3) is 0.647. The first-order valence-electron chi connectivity index (χ1n) is 7.74. The smallest absolute Gasteiger partial charge is 0.120 e. The van der Waals surface area contributed by atoms with Crippen LogP contribution in [0.3, 0.4) is 0 Å². The van der Waals surface area contributed by atoms with E-state index in [-0.39, 0.29) is 6.10 Å². The summed E-state index contributed by atoms with van der Waals surface area (Å²) >= 11 is 0. The molecule has 2 nitrogen and oxygen atoms in total. The van der Waals surface area contributed by atoms with Crippen LogP contribution in [0.15, 0.2) is 24.3 Å². The SMILES string of the molecule is CCC(CNC1CCCCC1)Oc1cccc(C)c1.